The lowest BCUT2D eigenvalue weighted by atomic mass is 9.91. The summed E-state index contributed by atoms with van der Waals surface area (Å²) in [7, 11) is 0. The number of carbonyl (C=O) groups is 4. The first-order valence-electron chi connectivity index (χ1n) is 20.5. The molecule has 0 bridgehead atoms. The number of hydrogen-bond acceptors (Lipinski definition) is 11. The van der Waals surface area contributed by atoms with Crippen LogP contribution in [0.4, 0.5) is 0 Å². The molecule has 0 saturated carbocycles. The normalized spacial score (nSPS) is 17.2. The third-order valence-electron chi connectivity index (χ3n) is 10.4. The van der Waals surface area contributed by atoms with Gasteiger partial charge in [-0.3, -0.25) is 34.4 Å². The first kappa shape index (κ1) is 46.4. The minimum atomic E-state index is -1.16. The summed E-state index contributed by atoms with van der Waals surface area (Å²) in [6.45, 7) is 10.2. The molecule has 5 N–H and O–H groups in total. The minimum absolute atomic E-state index is 0.0448. The van der Waals surface area contributed by atoms with Crippen molar-refractivity contribution in [3.63, 3.8) is 0 Å². The molecule has 2 heterocycles. The summed E-state index contributed by atoms with van der Waals surface area (Å²) in [5, 5.41) is 34.2. The Morgan fingerprint density at radius 2 is 1.64 bits per heavy atom. The predicted octanol–water partition coefficient (Wildman–Crippen LogP) is 2.42. The second kappa shape index (κ2) is 25.3. The van der Waals surface area contributed by atoms with Crippen molar-refractivity contribution in [2.45, 2.75) is 77.0 Å². The van der Waals surface area contributed by atoms with Gasteiger partial charge in [-0.15, -0.1) is 0 Å². The van der Waals surface area contributed by atoms with Crippen LogP contribution >= 0.6 is 11.8 Å². The van der Waals surface area contributed by atoms with Crippen molar-refractivity contribution < 1.29 is 33.8 Å². The molecule has 4 atom stereocenters. The van der Waals surface area contributed by atoms with Gasteiger partial charge in [0.2, 0.25) is 23.6 Å². The number of fused-ring (bicyclic) bond motifs is 1. The lowest BCUT2D eigenvalue weighted by molar-refractivity contribution is -0.140. The molecule has 2 aliphatic rings. The van der Waals surface area contributed by atoms with Crippen LogP contribution in [-0.4, -0.2) is 140 Å². The lowest BCUT2D eigenvalue weighted by Gasteiger charge is -2.30. The van der Waals surface area contributed by atoms with E-state index in [0.717, 1.165) is 29.4 Å². The van der Waals surface area contributed by atoms with Crippen LogP contribution in [0.25, 0.3) is 10.8 Å². The number of aliphatic hydroxyl groups is 1. The number of amides is 4. The molecule has 2 aromatic rings. The minimum Gasteiger partial charge on any atom is -0.390 e. The van der Waals surface area contributed by atoms with Crippen LogP contribution in [0, 0.1) is 23.3 Å². The van der Waals surface area contributed by atoms with Crippen LogP contribution in [0.2, 0.25) is 0 Å². The highest BCUT2D eigenvalue weighted by molar-refractivity contribution is 8.13. The number of nitriles is 1. The number of unbranched alkanes of at least 4 members (excludes halogenated alkanes) is 1. The zero-order valence-corrected chi connectivity index (χ0v) is 35.1. The van der Waals surface area contributed by atoms with Gasteiger partial charge in [0.25, 0.3) is 0 Å². The van der Waals surface area contributed by atoms with Crippen molar-refractivity contribution in [1.29, 1.82) is 5.26 Å². The van der Waals surface area contributed by atoms with E-state index in [1.807, 2.05) is 68.8 Å². The van der Waals surface area contributed by atoms with Gasteiger partial charge in [0, 0.05) is 52.2 Å². The molecule has 2 fully saturated rings. The Bertz CT molecular complexity index is 1690. The van der Waals surface area contributed by atoms with Gasteiger partial charge in [-0.25, -0.2) is 0 Å². The molecule has 58 heavy (non-hydrogen) atoms. The number of aliphatic hydroxyl groups excluding tert-OH is 1. The molecule has 4 unspecified atom stereocenters. The van der Waals surface area contributed by atoms with Crippen molar-refractivity contribution in [2.75, 3.05) is 78.5 Å². The summed E-state index contributed by atoms with van der Waals surface area (Å²) >= 11 is 1.32. The van der Waals surface area contributed by atoms with Crippen LogP contribution < -0.4 is 21.3 Å². The molecule has 2 aromatic carbocycles. The van der Waals surface area contributed by atoms with E-state index in [-0.39, 0.29) is 43.4 Å². The summed E-state index contributed by atoms with van der Waals surface area (Å²) in [6, 6.07) is 12.1. The van der Waals surface area contributed by atoms with Gasteiger partial charge in [0.05, 0.1) is 50.9 Å². The van der Waals surface area contributed by atoms with Crippen molar-refractivity contribution in [1.82, 2.24) is 31.1 Å². The first-order chi connectivity index (χ1) is 28.1. The molecular weight excluding hydrogens is 761 g/mol. The second-order valence-corrected chi connectivity index (χ2v) is 16.0. The highest BCUT2D eigenvalue weighted by Gasteiger charge is 2.32. The number of carbonyl (C=O) groups excluding carboxylic acids is 4. The van der Waals surface area contributed by atoms with Gasteiger partial charge in [0.1, 0.15) is 6.04 Å². The molecule has 318 valence electrons. The van der Waals surface area contributed by atoms with Gasteiger partial charge in [0.15, 0.2) is 11.4 Å². The van der Waals surface area contributed by atoms with Gasteiger partial charge in [-0.1, -0.05) is 68.1 Å². The highest BCUT2D eigenvalue weighted by Crippen LogP contribution is 2.24. The number of thioether (sulfide) groups is 1. The van der Waals surface area contributed by atoms with Crippen molar-refractivity contribution >= 4 is 51.3 Å². The molecule has 0 aliphatic carbocycles. The summed E-state index contributed by atoms with van der Waals surface area (Å²) in [4.78, 5) is 63.5. The fraction of sp³-hybridized carbons (Fsp3) is 0.619. The molecule has 0 aromatic heterocycles. The molecular formula is C42H62N8O7S. The fourth-order valence-corrected chi connectivity index (χ4v) is 7.60. The monoisotopic (exact) mass is 822 g/mol. The maximum Gasteiger partial charge on any atom is 0.242 e. The Morgan fingerprint density at radius 1 is 0.931 bits per heavy atom. The van der Waals surface area contributed by atoms with E-state index in [1.54, 1.807) is 4.90 Å². The molecule has 4 amide bonds. The smallest absolute Gasteiger partial charge is 0.242 e. The Balaban J connectivity index is 1.51. The average molecular weight is 823 g/mol. The molecule has 0 spiro atoms. The Kier molecular flexibility index (Phi) is 20.2. The van der Waals surface area contributed by atoms with Gasteiger partial charge < -0.3 is 35.4 Å². The zero-order chi connectivity index (χ0) is 41.7. The van der Waals surface area contributed by atoms with Gasteiger partial charge in [-0.2, -0.15) is 5.26 Å². The molecule has 2 aliphatic heterocycles. The number of ether oxygens (including phenoxy) is 2. The summed E-state index contributed by atoms with van der Waals surface area (Å²) < 4.78 is 10.8. The standard InChI is InChI=1S/C42H62N8O7S/c1-30(2)25-36(37(51)28-38(52)44-15-16-49-17-21-56-22-18-49)48-41(55)35(13-6-7-14-45-42(58-3)46-29-43)47-40(54)33(27-39(53)50-19-23-57-24-20-50)26-32-11-8-10-31-9-4-5-12-34(31)32/h4-5,8-12,30,33,35-37,51H,6-7,13-28H2,1-3H3,(H,44,52)(H,45,46)(H,47,54)(H,48,55). The van der Waals surface area contributed by atoms with E-state index in [4.69, 9.17) is 14.7 Å². The first-order valence-corrected chi connectivity index (χ1v) is 21.7. The molecule has 16 heteroatoms. The van der Waals surface area contributed by atoms with Crippen LogP contribution in [0.5, 0.6) is 0 Å². The number of nitrogens with one attached hydrogen (secondary N) is 4. The van der Waals surface area contributed by atoms with E-state index >= 15 is 0 Å². The van der Waals surface area contributed by atoms with Crippen molar-refractivity contribution in [3.05, 3.63) is 48.0 Å². The lowest BCUT2D eigenvalue weighted by Crippen LogP contribution is -2.54. The predicted molar refractivity (Wildman–Crippen MR) is 226 cm³/mol. The number of nitrogens with zero attached hydrogens (tertiary/aromatic N) is 4. The van der Waals surface area contributed by atoms with E-state index < -0.39 is 35.9 Å². The maximum atomic E-state index is 14.4. The number of amidine groups is 1. The Morgan fingerprint density at radius 3 is 2.34 bits per heavy atom. The SMILES string of the molecule is CSC(=NCCCCC(NC(=O)C(CC(=O)N1CCOCC1)Cc1cccc2ccccc12)C(=O)NC(CC(C)C)C(O)CC(=O)NCCN1CCOCC1)NC#N. The topological polar surface area (TPSA) is 198 Å². The molecule has 4 rings (SSSR count). The van der Waals surface area contributed by atoms with E-state index in [9.17, 15) is 24.3 Å². The summed E-state index contributed by atoms with van der Waals surface area (Å²) in [5.74, 6) is -2.06. The quantitative estimate of drug-likeness (QED) is 0.0408. The molecule has 2 saturated heterocycles. The van der Waals surface area contributed by atoms with E-state index in [1.165, 1.54) is 11.8 Å². The van der Waals surface area contributed by atoms with E-state index in [2.05, 4.69) is 31.2 Å². The molecule has 15 nitrogen and oxygen atoms in total. The summed E-state index contributed by atoms with van der Waals surface area (Å²) in [5.41, 5.74) is 0.922. The number of morpholine rings is 2. The van der Waals surface area contributed by atoms with Crippen LogP contribution in [0.3, 0.4) is 0 Å². The zero-order valence-electron chi connectivity index (χ0n) is 34.2. The highest BCUT2D eigenvalue weighted by atomic mass is 32.2. The van der Waals surface area contributed by atoms with Crippen LogP contribution in [-0.2, 0) is 35.1 Å². The Hall–Kier alpha value is -4.27. The van der Waals surface area contributed by atoms with Gasteiger partial charge >= 0.3 is 0 Å². The number of hydrogen-bond donors (Lipinski definition) is 5. The maximum absolute atomic E-state index is 14.4. The van der Waals surface area contributed by atoms with Gasteiger partial charge in [-0.05, 0) is 60.6 Å². The summed E-state index contributed by atoms with van der Waals surface area (Å²) in [6.07, 6.45) is 4.33. The fourth-order valence-electron chi connectivity index (χ4n) is 7.23. The average Bonchev–Trinajstić information content (AvgIpc) is 3.22. The Labute approximate surface area is 347 Å². The van der Waals surface area contributed by atoms with Crippen molar-refractivity contribution in [2.24, 2.45) is 16.8 Å². The van der Waals surface area contributed by atoms with Crippen LogP contribution in [0.1, 0.15) is 57.9 Å². The molecule has 0 radical (unpaired) electrons. The number of aliphatic imine (C=N–C) groups is 1. The largest absolute Gasteiger partial charge is 0.390 e. The second-order valence-electron chi connectivity index (χ2n) is 15.2. The number of benzene rings is 2. The number of rotatable bonds is 21. The van der Waals surface area contributed by atoms with E-state index in [0.29, 0.717) is 83.6 Å². The third-order valence-corrected chi connectivity index (χ3v) is 11.0. The third kappa shape index (κ3) is 15.8. The van der Waals surface area contributed by atoms with Crippen LogP contribution in [0.15, 0.2) is 47.5 Å². The van der Waals surface area contributed by atoms with Crippen molar-refractivity contribution in [3.8, 4) is 6.19 Å².